The first kappa shape index (κ1) is 15.6. The Balaban J connectivity index is 2.30. The number of aliphatic hydroxyl groups excluding tert-OH is 1. The predicted octanol–water partition coefficient (Wildman–Crippen LogP) is 4.16. The van der Waals surface area contributed by atoms with Gasteiger partial charge in [0, 0.05) is 22.5 Å². The molecule has 0 saturated heterocycles. The molecule has 0 amide bonds. The van der Waals surface area contributed by atoms with E-state index in [1.54, 1.807) is 11.3 Å². The Morgan fingerprint density at radius 3 is 2.71 bits per heavy atom. The Hall–Kier alpha value is 0.580. The van der Waals surface area contributed by atoms with Crippen LogP contribution in [0, 0.1) is 5.92 Å². The summed E-state index contributed by atoms with van der Waals surface area (Å²) in [5.41, 5.74) is 0. The van der Waals surface area contributed by atoms with Crippen molar-refractivity contribution in [2.75, 3.05) is 13.2 Å². The molecule has 1 unspecified atom stereocenters. The number of halogens is 2. The fourth-order valence-corrected chi connectivity index (χ4v) is 3.96. The third-order valence-corrected chi connectivity index (χ3v) is 5.92. The van der Waals surface area contributed by atoms with E-state index in [9.17, 15) is 0 Å². The second kappa shape index (κ2) is 8.64. The molecule has 0 saturated carbocycles. The molecular formula is C12H19Br2NOS. The highest BCUT2D eigenvalue weighted by atomic mass is 79.9. The lowest BCUT2D eigenvalue weighted by Crippen LogP contribution is -2.22. The monoisotopic (exact) mass is 383 g/mol. The Bertz CT molecular complexity index is 305. The van der Waals surface area contributed by atoms with Crippen LogP contribution in [0.1, 0.15) is 31.1 Å². The average molecular weight is 385 g/mol. The zero-order valence-electron chi connectivity index (χ0n) is 10.0. The van der Waals surface area contributed by atoms with Crippen LogP contribution in [0.2, 0.25) is 0 Å². The summed E-state index contributed by atoms with van der Waals surface area (Å²) in [5.74, 6) is 0.594. The van der Waals surface area contributed by atoms with E-state index in [0.717, 1.165) is 27.8 Å². The van der Waals surface area contributed by atoms with Crippen LogP contribution in [0.15, 0.2) is 14.3 Å². The van der Waals surface area contributed by atoms with Crippen LogP contribution in [0.3, 0.4) is 0 Å². The molecule has 98 valence electrons. The van der Waals surface area contributed by atoms with E-state index in [1.165, 1.54) is 17.7 Å². The maximum absolute atomic E-state index is 8.98. The Kier molecular flexibility index (Phi) is 7.95. The van der Waals surface area contributed by atoms with Gasteiger partial charge in [0.1, 0.15) is 0 Å². The van der Waals surface area contributed by atoms with Crippen molar-refractivity contribution in [1.82, 2.24) is 5.32 Å². The van der Waals surface area contributed by atoms with E-state index >= 15 is 0 Å². The van der Waals surface area contributed by atoms with Gasteiger partial charge in [0.05, 0.1) is 3.79 Å². The van der Waals surface area contributed by atoms with Gasteiger partial charge in [-0.3, -0.25) is 0 Å². The summed E-state index contributed by atoms with van der Waals surface area (Å²) >= 11 is 8.74. The van der Waals surface area contributed by atoms with Crippen molar-refractivity contribution in [3.8, 4) is 0 Å². The van der Waals surface area contributed by atoms with Gasteiger partial charge in [-0.2, -0.15) is 0 Å². The van der Waals surface area contributed by atoms with E-state index in [4.69, 9.17) is 5.11 Å². The van der Waals surface area contributed by atoms with Crippen molar-refractivity contribution < 1.29 is 5.11 Å². The highest BCUT2D eigenvalue weighted by Crippen LogP contribution is 2.32. The Morgan fingerprint density at radius 2 is 2.18 bits per heavy atom. The highest BCUT2D eigenvalue weighted by molar-refractivity contribution is 9.13. The zero-order chi connectivity index (χ0) is 12.7. The molecule has 2 N–H and O–H groups in total. The van der Waals surface area contributed by atoms with E-state index in [-0.39, 0.29) is 0 Å². The number of nitrogens with one attached hydrogen (secondary N) is 1. The first-order chi connectivity index (χ1) is 8.17. The van der Waals surface area contributed by atoms with Crippen molar-refractivity contribution in [2.24, 2.45) is 5.92 Å². The summed E-state index contributed by atoms with van der Waals surface area (Å²) in [6.07, 6.45) is 3.27. The second-order valence-corrected chi connectivity index (χ2v) is 7.44. The summed E-state index contributed by atoms with van der Waals surface area (Å²) in [5, 5.41) is 12.5. The molecule has 0 fully saturated rings. The molecule has 2 nitrogen and oxygen atoms in total. The Morgan fingerprint density at radius 1 is 1.41 bits per heavy atom. The van der Waals surface area contributed by atoms with Crippen LogP contribution >= 0.6 is 43.2 Å². The van der Waals surface area contributed by atoms with Crippen LogP contribution in [0.4, 0.5) is 0 Å². The molecule has 1 aromatic heterocycles. The standard InChI is InChI=1S/C12H19Br2NOS/c1-2-3-9(4-5-16)7-15-8-10-6-11(13)12(14)17-10/h6,9,15-16H,2-5,7-8H2,1H3. The molecule has 0 spiro atoms. The van der Waals surface area contributed by atoms with Gasteiger partial charge in [-0.05, 0) is 63.2 Å². The molecule has 0 aromatic carbocycles. The van der Waals surface area contributed by atoms with Crippen molar-refractivity contribution >= 4 is 43.2 Å². The van der Waals surface area contributed by atoms with Crippen molar-refractivity contribution in [3.05, 3.63) is 19.2 Å². The summed E-state index contributed by atoms with van der Waals surface area (Å²) in [7, 11) is 0. The lowest BCUT2D eigenvalue weighted by atomic mass is 10.0. The molecule has 1 atom stereocenters. The fraction of sp³-hybridized carbons (Fsp3) is 0.667. The molecule has 0 aliphatic heterocycles. The normalized spacial score (nSPS) is 12.9. The fourth-order valence-electron chi connectivity index (χ4n) is 1.82. The highest BCUT2D eigenvalue weighted by Gasteiger charge is 2.08. The second-order valence-electron chi connectivity index (χ2n) is 4.13. The molecule has 0 bridgehead atoms. The molecule has 1 rings (SSSR count). The van der Waals surface area contributed by atoms with E-state index < -0.39 is 0 Å². The number of aliphatic hydroxyl groups is 1. The maximum atomic E-state index is 8.98. The van der Waals surface area contributed by atoms with Gasteiger partial charge < -0.3 is 10.4 Å². The van der Waals surface area contributed by atoms with Gasteiger partial charge >= 0.3 is 0 Å². The van der Waals surface area contributed by atoms with Gasteiger partial charge in [-0.15, -0.1) is 11.3 Å². The molecule has 1 aromatic rings. The van der Waals surface area contributed by atoms with Crippen LogP contribution in [-0.2, 0) is 6.54 Å². The zero-order valence-corrected chi connectivity index (χ0v) is 14.0. The van der Waals surface area contributed by atoms with E-state index in [2.05, 4.69) is 50.2 Å². The van der Waals surface area contributed by atoms with Gasteiger partial charge in [0.2, 0.25) is 0 Å². The molecule has 0 aliphatic rings. The third kappa shape index (κ3) is 5.83. The first-order valence-electron chi connectivity index (χ1n) is 5.92. The smallest absolute Gasteiger partial charge is 0.0843 e. The summed E-state index contributed by atoms with van der Waals surface area (Å²) in [6.45, 7) is 4.38. The van der Waals surface area contributed by atoms with Gasteiger partial charge in [-0.25, -0.2) is 0 Å². The quantitative estimate of drug-likeness (QED) is 0.705. The van der Waals surface area contributed by atoms with E-state index in [0.29, 0.717) is 12.5 Å². The minimum absolute atomic E-state index is 0.294. The van der Waals surface area contributed by atoms with Crippen molar-refractivity contribution in [3.63, 3.8) is 0 Å². The van der Waals surface area contributed by atoms with Crippen LogP contribution in [0.5, 0.6) is 0 Å². The Labute approximate surface area is 124 Å². The maximum Gasteiger partial charge on any atom is 0.0843 e. The molecule has 0 radical (unpaired) electrons. The molecule has 0 aliphatic carbocycles. The summed E-state index contributed by atoms with van der Waals surface area (Å²) in [4.78, 5) is 1.32. The third-order valence-electron chi connectivity index (χ3n) is 2.66. The number of hydrogen-bond acceptors (Lipinski definition) is 3. The summed E-state index contributed by atoms with van der Waals surface area (Å²) in [6, 6.07) is 2.14. The predicted molar refractivity (Wildman–Crippen MR) is 81.5 cm³/mol. The number of thiophene rings is 1. The summed E-state index contributed by atoms with van der Waals surface area (Å²) < 4.78 is 2.27. The SMILES string of the molecule is CCCC(CCO)CNCc1cc(Br)c(Br)s1. The van der Waals surface area contributed by atoms with E-state index in [1.807, 2.05) is 0 Å². The minimum Gasteiger partial charge on any atom is -0.396 e. The molecule has 1 heterocycles. The average Bonchev–Trinajstić information content (AvgIpc) is 2.59. The molecule has 5 heteroatoms. The van der Waals surface area contributed by atoms with Crippen molar-refractivity contribution in [2.45, 2.75) is 32.7 Å². The van der Waals surface area contributed by atoms with Gasteiger partial charge in [0.15, 0.2) is 0 Å². The van der Waals surface area contributed by atoms with Gasteiger partial charge in [-0.1, -0.05) is 13.3 Å². The lowest BCUT2D eigenvalue weighted by Gasteiger charge is -2.15. The largest absolute Gasteiger partial charge is 0.396 e. The van der Waals surface area contributed by atoms with Crippen molar-refractivity contribution in [1.29, 1.82) is 0 Å². The van der Waals surface area contributed by atoms with Gasteiger partial charge in [0.25, 0.3) is 0 Å². The topological polar surface area (TPSA) is 32.3 Å². The molecular weight excluding hydrogens is 366 g/mol. The first-order valence-corrected chi connectivity index (χ1v) is 8.32. The number of rotatable bonds is 8. The lowest BCUT2D eigenvalue weighted by molar-refractivity contribution is 0.248. The molecule has 17 heavy (non-hydrogen) atoms. The minimum atomic E-state index is 0.294. The van der Waals surface area contributed by atoms with Crippen LogP contribution in [-0.4, -0.2) is 18.3 Å². The van der Waals surface area contributed by atoms with Crippen LogP contribution in [0.25, 0.3) is 0 Å². The number of hydrogen-bond donors (Lipinski definition) is 2. The van der Waals surface area contributed by atoms with Crippen LogP contribution < -0.4 is 5.32 Å².